The highest BCUT2D eigenvalue weighted by Crippen LogP contribution is 2.14. The van der Waals surface area contributed by atoms with Crippen molar-refractivity contribution in [3.05, 3.63) is 29.8 Å². The summed E-state index contributed by atoms with van der Waals surface area (Å²) in [7, 11) is 0. The molecular weight excluding hydrogens is 236 g/mol. The zero-order valence-electron chi connectivity index (χ0n) is 9.53. The van der Waals surface area contributed by atoms with E-state index in [0.29, 0.717) is 4.99 Å². The molecule has 1 aromatic rings. The maximum atomic E-state index is 5.65. The first-order valence-electron chi connectivity index (χ1n) is 5.37. The van der Waals surface area contributed by atoms with Crippen molar-refractivity contribution in [2.75, 3.05) is 23.9 Å². The SMILES string of the molecule is CSCCCCNc1ccccc1C(N)=S. The van der Waals surface area contributed by atoms with Crippen LogP contribution in [0, 0.1) is 0 Å². The quantitative estimate of drug-likeness (QED) is 0.579. The first kappa shape index (κ1) is 13.3. The minimum absolute atomic E-state index is 0.451. The third kappa shape index (κ3) is 4.41. The molecule has 0 bridgehead atoms. The maximum Gasteiger partial charge on any atom is 0.106 e. The molecule has 0 saturated heterocycles. The minimum Gasteiger partial charge on any atom is -0.389 e. The summed E-state index contributed by atoms with van der Waals surface area (Å²) in [4.78, 5) is 0.451. The normalized spacial score (nSPS) is 10.1. The van der Waals surface area contributed by atoms with E-state index in [1.54, 1.807) is 0 Å². The molecule has 0 fully saturated rings. The van der Waals surface area contributed by atoms with Crippen molar-refractivity contribution in [1.29, 1.82) is 0 Å². The standard InChI is InChI=1S/C12H18N2S2/c1-16-9-5-4-8-14-11-7-3-2-6-10(11)12(13)15/h2-3,6-7,14H,4-5,8-9H2,1H3,(H2,13,15). The lowest BCUT2D eigenvalue weighted by atomic mass is 10.1. The van der Waals surface area contributed by atoms with Gasteiger partial charge in [-0.2, -0.15) is 11.8 Å². The molecule has 0 aromatic heterocycles. The Morgan fingerprint density at radius 1 is 1.38 bits per heavy atom. The number of rotatable bonds is 7. The third-order valence-electron chi connectivity index (χ3n) is 2.28. The summed E-state index contributed by atoms with van der Waals surface area (Å²) in [6.07, 6.45) is 4.55. The molecule has 4 heteroatoms. The van der Waals surface area contributed by atoms with E-state index in [1.807, 2.05) is 36.0 Å². The van der Waals surface area contributed by atoms with E-state index >= 15 is 0 Å². The Morgan fingerprint density at radius 3 is 2.81 bits per heavy atom. The fourth-order valence-corrected chi connectivity index (χ4v) is 2.12. The van der Waals surface area contributed by atoms with Gasteiger partial charge in [0.2, 0.25) is 0 Å². The minimum atomic E-state index is 0.451. The van der Waals surface area contributed by atoms with Crippen molar-refractivity contribution in [2.45, 2.75) is 12.8 Å². The van der Waals surface area contributed by atoms with Crippen molar-refractivity contribution in [3.8, 4) is 0 Å². The smallest absolute Gasteiger partial charge is 0.106 e. The summed E-state index contributed by atoms with van der Waals surface area (Å²) in [5.41, 5.74) is 7.63. The van der Waals surface area contributed by atoms with Gasteiger partial charge in [-0.3, -0.25) is 0 Å². The Bertz CT molecular complexity index is 340. The molecule has 0 atom stereocenters. The fourth-order valence-electron chi connectivity index (χ4n) is 1.45. The van der Waals surface area contributed by atoms with Crippen LogP contribution in [0.5, 0.6) is 0 Å². The molecule has 0 spiro atoms. The molecule has 0 aliphatic heterocycles. The maximum absolute atomic E-state index is 5.65. The second kappa shape index (κ2) is 7.52. The molecule has 2 nitrogen and oxygen atoms in total. The number of benzene rings is 1. The van der Waals surface area contributed by atoms with Crippen LogP contribution in [0.25, 0.3) is 0 Å². The van der Waals surface area contributed by atoms with Crippen LogP contribution in [0.4, 0.5) is 5.69 Å². The molecule has 0 radical (unpaired) electrons. The van der Waals surface area contributed by atoms with Gasteiger partial charge in [-0.15, -0.1) is 0 Å². The van der Waals surface area contributed by atoms with Gasteiger partial charge in [0, 0.05) is 17.8 Å². The van der Waals surface area contributed by atoms with E-state index in [2.05, 4.69) is 11.6 Å². The topological polar surface area (TPSA) is 38.0 Å². The monoisotopic (exact) mass is 254 g/mol. The Hall–Kier alpha value is -0.740. The van der Waals surface area contributed by atoms with Crippen LogP contribution in [-0.2, 0) is 0 Å². The number of thiocarbonyl (C=S) groups is 1. The average Bonchev–Trinajstić information content (AvgIpc) is 2.29. The van der Waals surface area contributed by atoms with Crippen LogP contribution >= 0.6 is 24.0 Å². The molecule has 1 rings (SSSR count). The molecule has 1 aromatic carbocycles. The van der Waals surface area contributed by atoms with E-state index < -0.39 is 0 Å². The van der Waals surface area contributed by atoms with Crippen LogP contribution < -0.4 is 11.1 Å². The lowest BCUT2D eigenvalue weighted by Gasteiger charge is -2.10. The first-order valence-corrected chi connectivity index (χ1v) is 7.17. The fraction of sp³-hybridized carbons (Fsp3) is 0.417. The number of para-hydroxylation sites is 1. The Labute approximate surface area is 107 Å². The second-order valence-corrected chi connectivity index (χ2v) is 4.96. The second-order valence-electron chi connectivity index (χ2n) is 3.54. The number of nitrogens with one attached hydrogen (secondary N) is 1. The summed E-state index contributed by atoms with van der Waals surface area (Å²) < 4.78 is 0. The van der Waals surface area contributed by atoms with E-state index in [0.717, 1.165) is 17.8 Å². The van der Waals surface area contributed by atoms with Crippen molar-refractivity contribution >= 4 is 34.7 Å². The van der Waals surface area contributed by atoms with Gasteiger partial charge in [0.05, 0.1) is 0 Å². The van der Waals surface area contributed by atoms with Crippen molar-refractivity contribution < 1.29 is 0 Å². The number of hydrogen-bond acceptors (Lipinski definition) is 3. The molecule has 0 unspecified atom stereocenters. The molecule has 16 heavy (non-hydrogen) atoms. The molecule has 0 aliphatic rings. The lowest BCUT2D eigenvalue weighted by molar-refractivity contribution is 0.843. The lowest BCUT2D eigenvalue weighted by Crippen LogP contribution is -2.13. The summed E-state index contributed by atoms with van der Waals surface area (Å²) in [6.45, 7) is 0.972. The van der Waals surface area contributed by atoms with E-state index in [1.165, 1.54) is 18.6 Å². The molecule has 3 N–H and O–H groups in total. The van der Waals surface area contributed by atoms with Gasteiger partial charge in [-0.25, -0.2) is 0 Å². The van der Waals surface area contributed by atoms with Gasteiger partial charge < -0.3 is 11.1 Å². The predicted molar refractivity (Wildman–Crippen MR) is 78.4 cm³/mol. The largest absolute Gasteiger partial charge is 0.389 e. The van der Waals surface area contributed by atoms with Gasteiger partial charge in [-0.05, 0) is 37.0 Å². The van der Waals surface area contributed by atoms with E-state index in [9.17, 15) is 0 Å². The summed E-state index contributed by atoms with van der Waals surface area (Å²) in [6, 6.07) is 7.91. The van der Waals surface area contributed by atoms with Crippen molar-refractivity contribution in [3.63, 3.8) is 0 Å². The van der Waals surface area contributed by atoms with Crippen molar-refractivity contribution in [1.82, 2.24) is 0 Å². The Kier molecular flexibility index (Phi) is 6.26. The zero-order valence-corrected chi connectivity index (χ0v) is 11.2. The highest BCUT2D eigenvalue weighted by atomic mass is 32.2. The van der Waals surface area contributed by atoms with Gasteiger partial charge in [0.25, 0.3) is 0 Å². The highest BCUT2D eigenvalue weighted by Gasteiger charge is 2.02. The molecular formula is C12H18N2S2. The average molecular weight is 254 g/mol. The number of unbranched alkanes of at least 4 members (excludes halogenated alkanes) is 1. The van der Waals surface area contributed by atoms with Crippen LogP contribution in [0.2, 0.25) is 0 Å². The molecule has 0 saturated carbocycles. The van der Waals surface area contributed by atoms with Gasteiger partial charge in [0.1, 0.15) is 4.99 Å². The van der Waals surface area contributed by atoms with Gasteiger partial charge in [0.15, 0.2) is 0 Å². The molecule has 88 valence electrons. The molecule has 0 heterocycles. The van der Waals surface area contributed by atoms with Crippen LogP contribution in [0.15, 0.2) is 24.3 Å². The van der Waals surface area contributed by atoms with Crippen molar-refractivity contribution in [2.24, 2.45) is 5.73 Å². The van der Waals surface area contributed by atoms with Gasteiger partial charge >= 0.3 is 0 Å². The Balaban J connectivity index is 2.44. The first-order chi connectivity index (χ1) is 7.75. The molecule has 0 aliphatic carbocycles. The number of anilines is 1. The molecule has 0 amide bonds. The summed E-state index contributed by atoms with van der Waals surface area (Å²) in [5, 5.41) is 3.38. The van der Waals surface area contributed by atoms with Crippen LogP contribution in [0.1, 0.15) is 18.4 Å². The van der Waals surface area contributed by atoms with Gasteiger partial charge in [-0.1, -0.05) is 24.4 Å². The zero-order chi connectivity index (χ0) is 11.8. The number of hydrogen-bond donors (Lipinski definition) is 2. The predicted octanol–water partition coefficient (Wildman–Crippen LogP) is 2.88. The summed E-state index contributed by atoms with van der Waals surface area (Å²) >= 11 is 6.89. The summed E-state index contributed by atoms with van der Waals surface area (Å²) in [5.74, 6) is 1.22. The van der Waals surface area contributed by atoms with Crippen LogP contribution in [-0.4, -0.2) is 23.5 Å². The van der Waals surface area contributed by atoms with E-state index in [4.69, 9.17) is 18.0 Å². The Morgan fingerprint density at radius 2 is 2.12 bits per heavy atom. The number of thioether (sulfide) groups is 1. The van der Waals surface area contributed by atoms with Crippen LogP contribution in [0.3, 0.4) is 0 Å². The third-order valence-corrected chi connectivity index (χ3v) is 3.20. The number of nitrogens with two attached hydrogens (primary N) is 1. The van der Waals surface area contributed by atoms with E-state index in [-0.39, 0.29) is 0 Å². The highest BCUT2D eigenvalue weighted by molar-refractivity contribution is 7.98.